The van der Waals surface area contributed by atoms with Crippen molar-refractivity contribution in [3.8, 4) is 11.1 Å². The summed E-state index contributed by atoms with van der Waals surface area (Å²) in [5, 5.41) is 9.46. The van der Waals surface area contributed by atoms with Crippen LogP contribution in [-0.4, -0.2) is 23.9 Å². The molecule has 0 aliphatic rings. The van der Waals surface area contributed by atoms with Crippen LogP contribution in [0.1, 0.15) is 37.3 Å². The Balaban J connectivity index is 1.96. The second-order valence-electron chi connectivity index (χ2n) is 6.89. The summed E-state index contributed by atoms with van der Waals surface area (Å²) in [6.45, 7) is 2.11. The number of aliphatic hydroxyl groups excluding tert-OH is 1. The average Bonchev–Trinajstić information content (AvgIpc) is 2.70. The summed E-state index contributed by atoms with van der Waals surface area (Å²) in [6, 6.07) is 17.2. The highest BCUT2D eigenvalue weighted by Gasteiger charge is 2.26. The maximum Gasteiger partial charge on any atom is 0.494 e. The lowest BCUT2D eigenvalue weighted by atomic mass is 9.93. The fraction of sp³-hybridized carbons (Fsp3) is 0.429. The van der Waals surface area contributed by atoms with Crippen LogP contribution in [0.3, 0.4) is 0 Å². The molecule has 0 amide bonds. The van der Waals surface area contributed by atoms with E-state index in [1.807, 2.05) is 0 Å². The van der Waals surface area contributed by atoms with Crippen LogP contribution in [0.25, 0.3) is 11.1 Å². The van der Waals surface area contributed by atoms with E-state index in [2.05, 4.69) is 55.5 Å². The Kier molecular flexibility index (Phi) is 8.40. The highest BCUT2D eigenvalue weighted by Crippen LogP contribution is 2.22. The Morgan fingerprint density at radius 3 is 2.00 bits per heavy atom. The molecule has 2 rings (SSSR count). The van der Waals surface area contributed by atoms with Crippen molar-refractivity contribution < 1.29 is 14.2 Å². The highest BCUT2D eigenvalue weighted by molar-refractivity contribution is 7.17. The maximum absolute atomic E-state index is 10.5. The zero-order valence-electron chi connectivity index (χ0n) is 15.4. The molecule has 0 saturated heterocycles. The van der Waals surface area contributed by atoms with Gasteiger partial charge in [0.25, 0.3) is 0 Å². The number of aliphatic hydroxyl groups is 1. The summed E-state index contributed by atoms with van der Waals surface area (Å²) in [5.41, 5.74) is 10.2. The number of hydrogen-bond donors (Lipinski definition) is 2. The molecule has 0 aliphatic carbocycles. The monoisotopic (exact) mass is 374 g/mol. The Hall–Kier alpha value is -1.58. The Morgan fingerprint density at radius 2 is 1.54 bits per heavy atom. The summed E-state index contributed by atoms with van der Waals surface area (Å²) in [4.78, 5) is 0. The van der Waals surface area contributed by atoms with E-state index in [9.17, 15) is 9.67 Å². The van der Waals surface area contributed by atoms with Crippen LogP contribution in [0.2, 0.25) is 0 Å². The quantitative estimate of drug-likeness (QED) is 0.576. The minimum atomic E-state index is -0.857. The molecule has 140 valence electrons. The molecule has 0 bridgehead atoms. The van der Waals surface area contributed by atoms with E-state index in [0.717, 1.165) is 18.4 Å². The second kappa shape index (κ2) is 10.5. The van der Waals surface area contributed by atoms with Gasteiger partial charge in [-0.3, -0.25) is 0 Å². The van der Waals surface area contributed by atoms with Gasteiger partial charge in [-0.2, -0.15) is 0 Å². The predicted molar refractivity (Wildman–Crippen MR) is 108 cm³/mol. The van der Waals surface area contributed by atoms with Gasteiger partial charge in [0.15, 0.2) is 0 Å². The SMILES string of the molecule is CCCCc1ccc(-c2ccc(CCC(N)(CO)CO[PH+]=O)cc2)cc1. The molecule has 0 aliphatic heterocycles. The number of hydrogen-bond acceptors (Lipinski definition) is 4. The Labute approximate surface area is 157 Å². The summed E-state index contributed by atoms with van der Waals surface area (Å²) >= 11 is 0. The highest BCUT2D eigenvalue weighted by atomic mass is 31.1. The molecule has 4 nitrogen and oxygen atoms in total. The van der Waals surface area contributed by atoms with Gasteiger partial charge in [0.05, 0.1) is 12.1 Å². The van der Waals surface area contributed by atoms with Crippen LogP contribution < -0.4 is 5.73 Å². The van der Waals surface area contributed by atoms with Crippen molar-refractivity contribution in [1.29, 1.82) is 0 Å². The van der Waals surface area contributed by atoms with E-state index in [-0.39, 0.29) is 13.2 Å². The van der Waals surface area contributed by atoms with E-state index in [1.165, 1.54) is 29.5 Å². The van der Waals surface area contributed by atoms with E-state index >= 15 is 0 Å². The van der Waals surface area contributed by atoms with Gasteiger partial charge in [-0.05, 0) is 52.5 Å². The van der Waals surface area contributed by atoms with Gasteiger partial charge in [0, 0.05) is 0 Å². The van der Waals surface area contributed by atoms with Gasteiger partial charge in [0.2, 0.25) is 0 Å². The third-order valence-electron chi connectivity index (χ3n) is 4.71. The number of nitrogens with two attached hydrogens (primary N) is 1. The van der Waals surface area contributed by atoms with Crippen molar-refractivity contribution in [2.75, 3.05) is 13.2 Å². The molecular weight excluding hydrogens is 345 g/mol. The van der Waals surface area contributed by atoms with Gasteiger partial charge < -0.3 is 10.8 Å². The molecule has 0 saturated carbocycles. The van der Waals surface area contributed by atoms with Crippen LogP contribution >= 0.6 is 8.69 Å². The summed E-state index contributed by atoms with van der Waals surface area (Å²) in [6.07, 6.45) is 4.88. The van der Waals surface area contributed by atoms with E-state index < -0.39 is 14.2 Å². The van der Waals surface area contributed by atoms with Crippen LogP contribution in [0.5, 0.6) is 0 Å². The molecule has 26 heavy (non-hydrogen) atoms. The zero-order chi connectivity index (χ0) is 18.8. The molecule has 0 radical (unpaired) electrons. The summed E-state index contributed by atoms with van der Waals surface area (Å²) < 4.78 is 15.4. The number of aryl methyl sites for hydroxylation is 2. The van der Waals surface area contributed by atoms with Crippen molar-refractivity contribution in [1.82, 2.24) is 0 Å². The van der Waals surface area contributed by atoms with Crippen molar-refractivity contribution in [2.45, 2.75) is 44.6 Å². The lowest BCUT2D eigenvalue weighted by molar-refractivity contribution is 0.133. The molecule has 5 heteroatoms. The molecule has 2 aromatic carbocycles. The lowest BCUT2D eigenvalue weighted by Gasteiger charge is -2.24. The normalized spacial score (nSPS) is 13.7. The minimum Gasteiger partial charge on any atom is -0.394 e. The van der Waals surface area contributed by atoms with Crippen LogP contribution in [0.4, 0.5) is 0 Å². The first-order valence-corrected chi connectivity index (χ1v) is 9.99. The van der Waals surface area contributed by atoms with Crippen LogP contribution in [0.15, 0.2) is 48.5 Å². The lowest BCUT2D eigenvalue weighted by Crippen LogP contribution is -2.47. The van der Waals surface area contributed by atoms with Crippen molar-refractivity contribution in [2.24, 2.45) is 5.73 Å². The molecule has 0 aromatic heterocycles. The molecule has 2 atom stereocenters. The van der Waals surface area contributed by atoms with Gasteiger partial charge in [-0.25, -0.2) is 0 Å². The number of benzene rings is 2. The molecule has 3 N–H and O–H groups in total. The first-order chi connectivity index (χ1) is 12.6. The average molecular weight is 374 g/mol. The number of rotatable bonds is 11. The summed E-state index contributed by atoms with van der Waals surface area (Å²) in [7, 11) is -0.855. The summed E-state index contributed by atoms with van der Waals surface area (Å²) in [5.74, 6) is 0. The van der Waals surface area contributed by atoms with Gasteiger partial charge in [0.1, 0.15) is 6.61 Å². The first kappa shape index (κ1) is 20.7. The minimum absolute atomic E-state index is 0.0912. The first-order valence-electron chi connectivity index (χ1n) is 9.17. The van der Waals surface area contributed by atoms with Gasteiger partial charge in [-0.15, -0.1) is 4.52 Å². The second-order valence-corrected chi connectivity index (χ2v) is 7.35. The van der Waals surface area contributed by atoms with Crippen molar-refractivity contribution in [3.63, 3.8) is 0 Å². The molecule has 0 fully saturated rings. The van der Waals surface area contributed by atoms with Gasteiger partial charge in [-0.1, -0.05) is 61.9 Å². The standard InChI is InChI=1S/C21H29NO3P/c1-2-3-4-17-5-9-19(10-6-17)20-11-7-18(8-12-20)13-14-21(22,15-23)16-25-26-24/h5-12,23,26H,2-4,13-16,22H2,1H3/q+1. The predicted octanol–water partition coefficient (Wildman–Crippen LogP) is 4.27. The fourth-order valence-corrected chi connectivity index (χ4v) is 3.22. The molecule has 2 aromatic rings. The molecule has 2 unspecified atom stereocenters. The molecule has 0 spiro atoms. The smallest absolute Gasteiger partial charge is 0.394 e. The fourth-order valence-electron chi connectivity index (χ4n) is 2.87. The van der Waals surface area contributed by atoms with Crippen LogP contribution in [0, 0.1) is 0 Å². The van der Waals surface area contributed by atoms with E-state index in [0.29, 0.717) is 6.42 Å². The van der Waals surface area contributed by atoms with Crippen molar-refractivity contribution in [3.05, 3.63) is 59.7 Å². The zero-order valence-corrected chi connectivity index (χ0v) is 16.4. The van der Waals surface area contributed by atoms with Crippen LogP contribution in [-0.2, 0) is 21.9 Å². The third-order valence-corrected chi connectivity index (χ3v) is 4.97. The largest absolute Gasteiger partial charge is 0.494 e. The third kappa shape index (κ3) is 6.30. The molecular formula is C21H29NO3P+. The van der Waals surface area contributed by atoms with Crippen molar-refractivity contribution >= 4 is 8.69 Å². The Morgan fingerprint density at radius 1 is 1.00 bits per heavy atom. The van der Waals surface area contributed by atoms with E-state index in [1.54, 1.807) is 0 Å². The number of unbranched alkanes of at least 4 members (excludes halogenated alkanes) is 1. The maximum atomic E-state index is 10.5. The van der Waals surface area contributed by atoms with E-state index in [4.69, 9.17) is 10.3 Å². The topological polar surface area (TPSA) is 72.6 Å². The van der Waals surface area contributed by atoms with Gasteiger partial charge >= 0.3 is 8.69 Å². The Bertz CT molecular complexity index is 673. The molecule has 0 heterocycles.